The Bertz CT molecular complexity index is 511. The van der Waals surface area contributed by atoms with Gasteiger partial charge in [-0.15, -0.1) is 0 Å². The Balaban J connectivity index is 1.59. The molecule has 0 atom stereocenters. The van der Waals surface area contributed by atoms with Crippen LogP contribution in [0, 0.1) is 0 Å². The first kappa shape index (κ1) is 14.1. The molecule has 1 amide bonds. The summed E-state index contributed by atoms with van der Waals surface area (Å²) in [6.45, 7) is 1.03. The molecule has 0 aromatic heterocycles. The summed E-state index contributed by atoms with van der Waals surface area (Å²) in [4.78, 5) is 11.7. The van der Waals surface area contributed by atoms with Gasteiger partial charge in [0.2, 0.25) is 5.91 Å². The first-order chi connectivity index (χ1) is 9.84. The maximum Gasteiger partial charge on any atom is 0.239 e. The predicted molar refractivity (Wildman–Crippen MR) is 82.7 cm³/mol. The lowest BCUT2D eigenvalue weighted by molar-refractivity contribution is -0.119. The molecule has 0 unspecified atom stereocenters. The number of aryl methyl sites for hydroxylation is 1. The number of hydrogen-bond donors (Lipinski definition) is 2. The molecule has 0 aliphatic heterocycles. The second-order valence-electron chi connectivity index (χ2n) is 4.66. The molecule has 0 spiro atoms. The second kappa shape index (κ2) is 8.00. The zero-order valence-electron chi connectivity index (χ0n) is 11.5. The van der Waals surface area contributed by atoms with Gasteiger partial charge in [0.05, 0.1) is 6.54 Å². The highest BCUT2D eigenvalue weighted by atomic mass is 16.1. The van der Waals surface area contributed by atoms with Crippen molar-refractivity contribution >= 4 is 11.6 Å². The van der Waals surface area contributed by atoms with Gasteiger partial charge in [0.1, 0.15) is 0 Å². The molecular weight excluding hydrogens is 248 g/mol. The van der Waals surface area contributed by atoms with E-state index in [1.165, 1.54) is 5.56 Å². The molecule has 104 valence electrons. The highest BCUT2D eigenvalue weighted by molar-refractivity contribution is 5.80. The van der Waals surface area contributed by atoms with E-state index < -0.39 is 0 Å². The van der Waals surface area contributed by atoms with E-state index >= 15 is 0 Å². The number of carbonyl (C=O) groups excluding carboxylic acids is 1. The fourth-order valence-corrected chi connectivity index (χ4v) is 1.97. The average molecular weight is 268 g/mol. The van der Waals surface area contributed by atoms with Crippen LogP contribution in [0.2, 0.25) is 0 Å². The molecule has 2 rings (SSSR count). The third-order valence-corrected chi connectivity index (χ3v) is 3.03. The Morgan fingerprint density at radius 2 is 1.55 bits per heavy atom. The molecule has 2 N–H and O–H groups in total. The van der Waals surface area contributed by atoms with Crippen LogP contribution in [0.3, 0.4) is 0 Å². The lowest BCUT2D eigenvalue weighted by Crippen LogP contribution is -2.30. The third kappa shape index (κ3) is 5.14. The van der Waals surface area contributed by atoms with Gasteiger partial charge in [-0.05, 0) is 30.5 Å². The molecule has 0 fully saturated rings. The van der Waals surface area contributed by atoms with Crippen LogP contribution in [0.1, 0.15) is 12.0 Å². The van der Waals surface area contributed by atoms with Gasteiger partial charge in [-0.1, -0.05) is 48.5 Å². The van der Waals surface area contributed by atoms with Crippen LogP contribution in [0.25, 0.3) is 0 Å². The highest BCUT2D eigenvalue weighted by Crippen LogP contribution is 2.04. The molecular formula is C17H20N2O. The van der Waals surface area contributed by atoms with Crippen molar-refractivity contribution in [2.24, 2.45) is 0 Å². The van der Waals surface area contributed by atoms with Crippen LogP contribution in [0.15, 0.2) is 60.7 Å². The average Bonchev–Trinajstić information content (AvgIpc) is 2.52. The van der Waals surface area contributed by atoms with Crippen molar-refractivity contribution in [3.63, 3.8) is 0 Å². The Kier molecular flexibility index (Phi) is 5.65. The van der Waals surface area contributed by atoms with E-state index in [-0.39, 0.29) is 5.91 Å². The van der Waals surface area contributed by atoms with E-state index in [0.29, 0.717) is 13.1 Å². The molecule has 3 nitrogen and oxygen atoms in total. The topological polar surface area (TPSA) is 41.1 Å². The summed E-state index contributed by atoms with van der Waals surface area (Å²) in [6.07, 6.45) is 1.95. The molecule has 0 bridgehead atoms. The Labute approximate surface area is 120 Å². The summed E-state index contributed by atoms with van der Waals surface area (Å²) in [6, 6.07) is 20.0. The molecule has 0 saturated carbocycles. The molecule has 2 aromatic carbocycles. The molecule has 0 heterocycles. The van der Waals surface area contributed by atoms with E-state index in [4.69, 9.17) is 0 Å². The number of benzene rings is 2. The van der Waals surface area contributed by atoms with E-state index in [1.807, 2.05) is 48.5 Å². The van der Waals surface area contributed by atoms with Gasteiger partial charge in [-0.2, -0.15) is 0 Å². The van der Waals surface area contributed by atoms with Gasteiger partial charge in [0.15, 0.2) is 0 Å². The number of anilines is 1. The lowest BCUT2D eigenvalue weighted by atomic mass is 10.1. The van der Waals surface area contributed by atoms with Gasteiger partial charge in [0, 0.05) is 12.2 Å². The van der Waals surface area contributed by atoms with Crippen molar-refractivity contribution in [1.29, 1.82) is 0 Å². The number of rotatable bonds is 7. The predicted octanol–water partition coefficient (Wildman–Crippen LogP) is 2.85. The fourth-order valence-electron chi connectivity index (χ4n) is 1.97. The first-order valence-corrected chi connectivity index (χ1v) is 6.94. The number of amides is 1. The molecule has 0 aliphatic rings. The summed E-state index contributed by atoms with van der Waals surface area (Å²) in [5.74, 6) is 0.0296. The van der Waals surface area contributed by atoms with E-state index in [1.54, 1.807) is 0 Å². The van der Waals surface area contributed by atoms with Crippen molar-refractivity contribution in [2.45, 2.75) is 12.8 Å². The van der Waals surface area contributed by atoms with Crippen molar-refractivity contribution in [3.8, 4) is 0 Å². The van der Waals surface area contributed by atoms with Crippen molar-refractivity contribution in [2.75, 3.05) is 18.4 Å². The summed E-state index contributed by atoms with van der Waals surface area (Å²) >= 11 is 0. The van der Waals surface area contributed by atoms with E-state index in [0.717, 1.165) is 18.5 Å². The monoisotopic (exact) mass is 268 g/mol. The van der Waals surface area contributed by atoms with Gasteiger partial charge in [-0.25, -0.2) is 0 Å². The number of nitrogens with one attached hydrogen (secondary N) is 2. The van der Waals surface area contributed by atoms with Crippen LogP contribution in [-0.4, -0.2) is 19.0 Å². The number of para-hydroxylation sites is 1. The van der Waals surface area contributed by atoms with E-state index in [2.05, 4.69) is 22.8 Å². The van der Waals surface area contributed by atoms with Gasteiger partial charge in [-0.3, -0.25) is 4.79 Å². The van der Waals surface area contributed by atoms with Crippen LogP contribution >= 0.6 is 0 Å². The fraction of sp³-hybridized carbons (Fsp3) is 0.235. The van der Waals surface area contributed by atoms with Crippen LogP contribution in [0.4, 0.5) is 5.69 Å². The lowest BCUT2D eigenvalue weighted by Gasteiger charge is -2.07. The van der Waals surface area contributed by atoms with Crippen LogP contribution in [0.5, 0.6) is 0 Å². The highest BCUT2D eigenvalue weighted by Gasteiger charge is 2.00. The third-order valence-electron chi connectivity index (χ3n) is 3.03. The molecule has 2 aromatic rings. The Hall–Kier alpha value is -2.29. The molecule has 0 aliphatic carbocycles. The maximum absolute atomic E-state index is 11.7. The van der Waals surface area contributed by atoms with Gasteiger partial charge >= 0.3 is 0 Å². The summed E-state index contributed by atoms with van der Waals surface area (Å²) < 4.78 is 0. The summed E-state index contributed by atoms with van der Waals surface area (Å²) in [5, 5.41) is 6.01. The van der Waals surface area contributed by atoms with Gasteiger partial charge in [0.25, 0.3) is 0 Å². The largest absolute Gasteiger partial charge is 0.376 e. The van der Waals surface area contributed by atoms with Gasteiger partial charge < -0.3 is 10.6 Å². The smallest absolute Gasteiger partial charge is 0.239 e. The SMILES string of the molecule is O=C(CNc1ccccc1)NCCCc1ccccc1. The first-order valence-electron chi connectivity index (χ1n) is 6.94. The Morgan fingerprint density at radius 1 is 0.900 bits per heavy atom. The van der Waals surface area contributed by atoms with E-state index in [9.17, 15) is 4.79 Å². The molecule has 20 heavy (non-hydrogen) atoms. The molecule has 0 radical (unpaired) electrons. The summed E-state index contributed by atoms with van der Waals surface area (Å²) in [5.41, 5.74) is 2.27. The molecule has 0 saturated heterocycles. The minimum atomic E-state index is 0.0296. The minimum absolute atomic E-state index is 0.0296. The normalized spacial score (nSPS) is 10.0. The number of hydrogen-bond acceptors (Lipinski definition) is 2. The van der Waals surface area contributed by atoms with Crippen molar-refractivity contribution in [1.82, 2.24) is 5.32 Å². The number of carbonyl (C=O) groups is 1. The quantitative estimate of drug-likeness (QED) is 0.758. The van der Waals surface area contributed by atoms with Crippen LogP contribution in [-0.2, 0) is 11.2 Å². The Morgan fingerprint density at radius 3 is 2.25 bits per heavy atom. The second-order valence-corrected chi connectivity index (χ2v) is 4.66. The maximum atomic E-state index is 11.7. The molecule has 3 heteroatoms. The zero-order valence-corrected chi connectivity index (χ0v) is 11.5. The van der Waals surface area contributed by atoms with Crippen molar-refractivity contribution < 1.29 is 4.79 Å². The zero-order chi connectivity index (χ0) is 14.0. The minimum Gasteiger partial charge on any atom is -0.376 e. The van der Waals surface area contributed by atoms with Crippen LogP contribution < -0.4 is 10.6 Å². The standard InChI is InChI=1S/C17H20N2O/c20-17(14-19-16-11-5-2-6-12-16)18-13-7-10-15-8-3-1-4-9-15/h1-6,8-9,11-12,19H,7,10,13-14H2,(H,18,20). The van der Waals surface area contributed by atoms with Crippen molar-refractivity contribution in [3.05, 3.63) is 66.2 Å². The summed E-state index contributed by atoms with van der Waals surface area (Å²) in [7, 11) is 0.